The van der Waals surface area contributed by atoms with Gasteiger partial charge in [-0.05, 0) is 50.3 Å². The molecule has 2 rings (SSSR count). The number of nitrogens with one attached hydrogen (secondary N) is 1. The van der Waals surface area contributed by atoms with Crippen LogP contribution >= 0.6 is 0 Å². The predicted octanol–water partition coefficient (Wildman–Crippen LogP) is 4.55. The van der Waals surface area contributed by atoms with Gasteiger partial charge in [-0.3, -0.25) is 0 Å². The zero-order valence-corrected chi connectivity index (χ0v) is 12.4. The molecule has 1 aliphatic rings. The lowest BCUT2D eigenvalue weighted by Gasteiger charge is -2.27. The molecule has 108 valence electrons. The average molecular weight is 263 g/mol. The van der Waals surface area contributed by atoms with Crippen LogP contribution in [0.15, 0.2) is 22.8 Å². The van der Waals surface area contributed by atoms with Gasteiger partial charge in [-0.2, -0.15) is 0 Å². The summed E-state index contributed by atoms with van der Waals surface area (Å²) in [6, 6.07) is 4.78. The van der Waals surface area contributed by atoms with Gasteiger partial charge in [0.25, 0.3) is 0 Å². The summed E-state index contributed by atoms with van der Waals surface area (Å²) < 4.78 is 5.47. The van der Waals surface area contributed by atoms with Crippen molar-refractivity contribution < 1.29 is 4.42 Å². The molecule has 1 aromatic rings. The Kier molecular flexibility index (Phi) is 6.49. The Hall–Kier alpha value is -0.760. The maximum Gasteiger partial charge on any atom is 0.103 e. The van der Waals surface area contributed by atoms with Gasteiger partial charge >= 0.3 is 0 Å². The number of rotatable bonds is 7. The lowest BCUT2D eigenvalue weighted by Crippen LogP contribution is -2.37. The second-order valence-corrected chi connectivity index (χ2v) is 5.93. The average Bonchev–Trinajstić information content (AvgIpc) is 2.80. The molecule has 2 heteroatoms. The fourth-order valence-electron chi connectivity index (χ4n) is 3.30. The zero-order valence-electron chi connectivity index (χ0n) is 12.4. The van der Waals surface area contributed by atoms with Crippen molar-refractivity contribution in [3.8, 4) is 0 Å². The van der Waals surface area contributed by atoms with Crippen molar-refractivity contribution in [2.24, 2.45) is 5.92 Å². The molecule has 1 saturated carbocycles. The van der Waals surface area contributed by atoms with Crippen LogP contribution in [0.3, 0.4) is 0 Å². The van der Waals surface area contributed by atoms with Crippen LogP contribution in [0, 0.1) is 5.92 Å². The second-order valence-electron chi connectivity index (χ2n) is 5.93. The van der Waals surface area contributed by atoms with Gasteiger partial charge in [0.05, 0.1) is 6.26 Å². The van der Waals surface area contributed by atoms with Gasteiger partial charge in [-0.25, -0.2) is 0 Å². The van der Waals surface area contributed by atoms with E-state index in [-0.39, 0.29) is 0 Å². The van der Waals surface area contributed by atoms with E-state index in [1.165, 1.54) is 51.4 Å². The van der Waals surface area contributed by atoms with Crippen molar-refractivity contribution >= 4 is 0 Å². The van der Waals surface area contributed by atoms with Gasteiger partial charge in [0, 0.05) is 12.5 Å². The van der Waals surface area contributed by atoms with Crippen molar-refractivity contribution in [2.75, 3.05) is 6.54 Å². The first-order valence-electron chi connectivity index (χ1n) is 8.16. The minimum Gasteiger partial charge on any atom is -0.469 e. The highest BCUT2D eigenvalue weighted by molar-refractivity contribution is 4.99. The summed E-state index contributed by atoms with van der Waals surface area (Å²) in [5.41, 5.74) is 0. The van der Waals surface area contributed by atoms with E-state index in [4.69, 9.17) is 4.42 Å². The van der Waals surface area contributed by atoms with E-state index >= 15 is 0 Å². The van der Waals surface area contributed by atoms with E-state index in [0.29, 0.717) is 6.04 Å². The SMILES string of the molecule is CCCNC(CCc1ccco1)C1CCCCCC1. The fourth-order valence-corrected chi connectivity index (χ4v) is 3.30. The van der Waals surface area contributed by atoms with Crippen molar-refractivity contribution in [2.45, 2.75) is 70.8 Å². The Labute approximate surface area is 118 Å². The largest absolute Gasteiger partial charge is 0.469 e. The van der Waals surface area contributed by atoms with Crippen LogP contribution in [0.2, 0.25) is 0 Å². The van der Waals surface area contributed by atoms with E-state index in [1.807, 2.05) is 6.07 Å². The summed E-state index contributed by atoms with van der Waals surface area (Å²) in [6.45, 7) is 3.41. The second kappa shape index (κ2) is 8.42. The summed E-state index contributed by atoms with van der Waals surface area (Å²) in [4.78, 5) is 0. The van der Waals surface area contributed by atoms with E-state index in [0.717, 1.165) is 24.6 Å². The van der Waals surface area contributed by atoms with Crippen molar-refractivity contribution in [3.05, 3.63) is 24.2 Å². The third-order valence-electron chi connectivity index (χ3n) is 4.41. The molecule has 19 heavy (non-hydrogen) atoms. The topological polar surface area (TPSA) is 25.2 Å². The first kappa shape index (κ1) is 14.6. The molecule has 0 amide bonds. The molecule has 1 N–H and O–H groups in total. The highest BCUT2D eigenvalue weighted by Crippen LogP contribution is 2.27. The number of aryl methyl sites for hydroxylation is 1. The normalized spacial score (nSPS) is 19.2. The van der Waals surface area contributed by atoms with Gasteiger partial charge in [-0.15, -0.1) is 0 Å². The van der Waals surface area contributed by atoms with Gasteiger partial charge in [0.2, 0.25) is 0 Å². The van der Waals surface area contributed by atoms with Crippen molar-refractivity contribution in [3.63, 3.8) is 0 Å². The summed E-state index contributed by atoms with van der Waals surface area (Å²) >= 11 is 0. The monoisotopic (exact) mass is 263 g/mol. The molecule has 0 bridgehead atoms. The summed E-state index contributed by atoms with van der Waals surface area (Å²) in [7, 11) is 0. The Morgan fingerprint density at radius 1 is 1.26 bits per heavy atom. The highest BCUT2D eigenvalue weighted by atomic mass is 16.3. The van der Waals surface area contributed by atoms with Gasteiger partial charge in [0.15, 0.2) is 0 Å². The minimum absolute atomic E-state index is 0.683. The molecule has 1 fully saturated rings. The molecular formula is C17H29NO. The molecule has 2 nitrogen and oxygen atoms in total. The minimum atomic E-state index is 0.683. The highest BCUT2D eigenvalue weighted by Gasteiger charge is 2.22. The van der Waals surface area contributed by atoms with Crippen LogP contribution in [0.5, 0.6) is 0 Å². The first-order valence-corrected chi connectivity index (χ1v) is 8.16. The standard InChI is InChI=1S/C17H29NO/c1-2-13-18-17(12-11-16-10-7-14-19-16)15-8-5-3-4-6-9-15/h7,10,14-15,17-18H,2-6,8-9,11-13H2,1H3. The predicted molar refractivity (Wildman–Crippen MR) is 80.3 cm³/mol. The number of hydrogen-bond donors (Lipinski definition) is 1. The zero-order chi connectivity index (χ0) is 13.3. The van der Waals surface area contributed by atoms with Crippen LogP contribution in [0.1, 0.15) is 64.1 Å². The Balaban J connectivity index is 1.85. The lowest BCUT2D eigenvalue weighted by atomic mass is 9.88. The van der Waals surface area contributed by atoms with Gasteiger partial charge in [-0.1, -0.05) is 32.6 Å². The molecule has 1 heterocycles. The van der Waals surface area contributed by atoms with Crippen LogP contribution < -0.4 is 5.32 Å². The third-order valence-corrected chi connectivity index (χ3v) is 4.41. The van der Waals surface area contributed by atoms with Gasteiger partial charge in [0.1, 0.15) is 5.76 Å². The molecule has 1 atom stereocenters. The van der Waals surface area contributed by atoms with Gasteiger partial charge < -0.3 is 9.73 Å². The lowest BCUT2D eigenvalue weighted by molar-refractivity contribution is 0.299. The molecule has 0 aliphatic heterocycles. The quantitative estimate of drug-likeness (QED) is 0.730. The smallest absolute Gasteiger partial charge is 0.103 e. The van der Waals surface area contributed by atoms with E-state index in [9.17, 15) is 0 Å². The Bertz CT molecular complexity index is 312. The molecular weight excluding hydrogens is 234 g/mol. The first-order chi connectivity index (χ1) is 9.40. The van der Waals surface area contributed by atoms with Crippen LogP contribution in [0.4, 0.5) is 0 Å². The van der Waals surface area contributed by atoms with Crippen LogP contribution in [0.25, 0.3) is 0 Å². The van der Waals surface area contributed by atoms with Crippen LogP contribution in [-0.4, -0.2) is 12.6 Å². The summed E-state index contributed by atoms with van der Waals surface area (Å²) in [5, 5.41) is 3.79. The molecule has 1 aliphatic carbocycles. The molecule has 0 radical (unpaired) electrons. The Morgan fingerprint density at radius 2 is 2.05 bits per heavy atom. The van der Waals surface area contributed by atoms with Crippen molar-refractivity contribution in [1.29, 1.82) is 0 Å². The molecule has 0 aromatic carbocycles. The molecule has 1 unspecified atom stereocenters. The number of hydrogen-bond acceptors (Lipinski definition) is 2. The summed E-state index contributed by atoms with van der Waals surface area (Å²) in [6.07, 6.45) is 13.9. The molecule has 0 spiro atoms. The Morgan fingerprint density at radius 3 is 2.68 bits per heavy atom. The van der Waals surface area contributed by atoms with E-state index in [2.05, 4.69) is 18.3 Å². The third kappa shape index (κ3) is 5.02. The molecule has 1 aromatic heterocycles. The maximum absolute atomic E-state index is 5.47. The molecule has 0 saturated heterocycles. The summed E-state index contributed by atoms with van der Waals surface area (Å²) in [5.74, 6) is 2.01. The number of furan rings is 1. The maximum atomic E-state index is 5.47. The van der Waals surface area contributed by atoms with E-state index < -0.39 is 0 Å². The van der Waals surface area contributed by atoms with E-state index in [1.54, 1.807) is 6.26 Å². The fraction of sp³-hybridized carbons (Fsp3) is 0.765. The van der Waals surface area contributed by atoms with Crippen molar-refractivity contribution in [1.82, 2.24) is 5.32 Å². The van der Waals surface area contributed by atoms with Crippen LogP contribution in [-0.2, 0) is 6.42 Å².